The van der Waals surface area contributed by atoms with Crippen LogP contribution in [-0.4, -0.2) is 21.2 Å². The van der Waals surface area contributed by atoms with Crippen molar-refractivity contribution in [3.8, 4) is 5.69 Å². The van der Waals surface area contributed by atoms with Gasteiger partial charge in [-0.2, -0.15) is 0 Å². The highest BCUT2D eigenvalue weighted by Gasteiger charge is 2.15. The molecule has 2 aromatic heterocycles. The van der Waals surface area contributed by atoms with Crippen molar-refractivity contribution in [3.05, 3.63) is 82.0 Å². The number of nitrogens with one attached hydrogen (secondary N) is 1. The number of para-hydroxylation sites is 1. The zero-order valence-corrected chi connectivity index (χ0v) is 18.8. The molecule has 2 heterocycles. The minimum absolute atomic E-state index is 0.114. The van der Waals surface area contributed by atoms with Crippen LogP contribution in [0.25, 0.3) is 15.9 Å². The van der Waals surface area contributed by atoms with Crippen LogP contribution in [0, 0.1) is 0 Å². The lowest BCUT2D eigenvalue weighted by atomic mass is 10.1. The molecule has 0 unspecified atom stereocenters. The fourth-order valence-corrected chi connectivity index (χ4v) is 4.83. The van der Waals surface area contributed by atoms with Gasteiger partial charge in [-0.05, 0) is 54.1 Å². The number of thiophene rings is 1. The highest BCUT2D eigenvalue weighted by Crippen LogP contribution is 2.24. The fourth-order valence-electron chi connectivity index (χ4n) is 3.26. The van der Waals surface area contributed by atoms with Crippen molar-refractivity contribution >= 4 is 44.9 Å². The van der Waals surface area contributed by atoms with E-state index in [0.29, 0.717) is 15.4 Å². The van der Waals surface area contributed by atoms with Crippen LogP contribution < -0.4 is 10.9 Å². The van der Waals surface area contributed by atoms with Gasteiger partial charge in [0.1, 0.15) is 4.70 Å². The molecule has 1 N–H and O–H groups in total. The summed E-state index contributed by atoms with van der Waals surface area (Å²) in [4.78, 5) is 30.3. The predicted molar refractivity (Wildman–Crippen MR) is 130 cm³/mol. The van der Waals surface area contributed by atoms with Crippen molar-refractivity contribution in [2.24, 2.45) is 0 Å². The van der Waals surface area contributed by atoms with E-state index in [9.17, 15) is 9.59 Å². The number of nitrogens with zero attached hydrogens (tertiary/aromatic N) is 2. The van der Waals surface area contributed by atoms with Gasteiger partial charge in [0.15, 0.2) is 5.16 Å². The van der Waals surface area contributed by atoms with E-state index < -0.39 is 0 Å². The summed E-state index contributed by atoms with van der Waals surface area (Å²) < 4.78 is 2.19. The van der Waals surface area contributed by atoms with E-state index in [-0.39, 0.29) is 17.2 Å². The number of carbonyl (C=O) groups excluding carboxylic acids is 1. The normalized spacial score (nSPS) is 11.0. The quantitative estimate of drug-likeness (QED) is 0.284. The first-order valence-electron chi connectivity index (χ1n) is 10.2. The molecule has 0 aliphatic rings. The topological polar surface area (TPSA) is 64.0 Å². The first-order valence-corrected chi connectivity index (χ1v) is 12.1. The number of hydrogen-bond acceptors (Lipinski definition) is 5. The van der Waals surface area contributed by atoms with Gasteiger partial charge in [0.05, 0.1) is 17.0 Å². The Morgan fingerprint density at radius 2 is 1.87 bits per heavy atom. The molecular weight excluding hydrogens is 426 g/mol. The molecule has 0 fully saturated rings. The molecule has 1 amide bonds. The molecular formula is C24H23N3O2S2. The average Bonchev–Trinajstić information content (AvgIpc) is 3.27. The number of fused-ring (bicyclic) bond motifs is 1. The predicted octanol–water partition coefficient (Wildman–Crippen LogP) is 5.52. The van der Waals surface area contributed by atoms with Gasteiger partial charge in [0.25, 0.3) is 5.56 Å². The number of benzene rings is 2. The van der Waals surface area contributed by atoms with Gasteiger partial charge in [-0.15, -0.1) is 11.3 Å². The maximum Gasteiger partial charge on any atom is 0.276 e. The maximum absolute atomic E-state index is 13.1. The molecule has 0 aliphatic carbocycles. The van der Waals surface area contributed by atoms with Crippen molar-refractivity contribution in [2.45, 2.75) is 31.3 Å². The molecule has 158 valence electrons. The Kier molecular flexibility index (Phi) is 6.84. The van der Waals surface area contributed by atoms with E-state index in [1.165, 1.54) is 28.7 Å². The van der Waals surface area contributed by atoms with E-state index in [1.807, 2.05) is 53.9 Å². The van der Waals surface area contributed by atoms with E-state index >= 15 is 0 Å². The Morgan fingerprint density at radius 1 is 1.10 bits per heavy atom. The third kappa shape index (κ3) is 5.06. The van der Waals surface area contributed by atoms with Gasteiger partial charge >= 0.3 is 0 Å². The number of anilines is 1. The van der Waals surface area contributed by atoms with Crippen LogP contribution in [0.4, 0.5) is 5.69 Å². The van der Waals surface area contributed by atoms with Crippen LogP contribution in [0.3, 0.4) is 0 Å². The monoisotopic (exact) mass is 449 g/mol. The third-order valence-corrected chi connectivity index (χ3v) is 6.68. The molecule has 2 aromatic carbocycles. The van der Waals surface area contributed by atoms with Gasteiger partial charge in [-0.25, -0.2) is 4.98 Å². The number of aromatic nitrogens is 2. The fraction of sp³-hybridized carbons (Fsp3) is 0.208. The first kappa shape index (κ1) is 21.3. The van der Waals surface area contributed by atoms with Gasteiger partial charge < -0.3 is 5.32 Å². The minimum Gasteiger partial charge on any atom is -0.325 e. The summed E-state index contributed by atoms with van der Waals surface area (Å²) in [6, 6.07) is 19.2. The molecule has 0 spiro atoms. The van der Waals surface area contributed by atoms with Gasteiger partial charge in [-0.1, -0.05) is 55.4 Å². The van der Waals surface area contributed by atoms with Crippen LogP contribution in [-0.2, 0) is 11.2 Å². The number of rotatable bonds is 8. The molecule has 0 aliphatic heterocycles. The Morgan fingerprint density at radius 3 is 2.61 bits per heavy atom. The van der Waals surface area contributed by atoms with Crippen molar-refractivity contribution in [1.82, 2.24) is 9.55 Å². The highest BCUT2D eigenvalue weighted by molar-refractivity contribution is 7.99. The van der Waals surface area contributed by atoms with Crippen molar-refractivity contribution in [3.63, 3.8) is 0 Å². The molecule has 31 heavy (non-hydrogen) atoms. The van der Waals surface area contributed by atoms with Crippen molar-refractivity contribution in [1.29, 1.82) is 0 Å². The van der Waals surface area contributed by atoms with Crippen LogP contribution in [0.1, 0.15) is 25.3 Å². The van der Waals surface area contributed by atoms with Gasteiger partial charge in [-0.3, -0.25) is 14.2 Å². The molecule has 4 rings (SSSR count). The lowest BCUT2D eigenvalue weighted by Gasteiger charge is -2.12. The van der Waals surface area contributed by atoms with Crippen LogP contribution in [0.2, 0.25) is 0 Å². The second-order valence-corrected chi connectivity index (χ2v) is 9.00. The highest BCUT2D eigenvalue weighted by atomic mass is 32.2. The molecule has 5 nitrogen and oxygen atoms in total. The Bertz CT molecular complexity index is 1230. The van der Waals surface area contributed by atoms with Gasteiger partial charge in [0, 0.05) is 5.69 Å². The van der Waals surface area contributed by atoms with Crippen LogP contribution in [0.5, 0.6) is 0 Å². The number of carbonyl (C=O) groups is 1. The Hall–Kier alpha value is -2.90. The molecule has 4 aromatic rings. The number of thioether (sulfide) groups is 1. The smallest absolute Gasteiger partial charge is 0.276 e. The lowest BCUT2D eigenvalue weighted by molar-refractivity contribution is -0.113. The number of hydrogen-bond donors (Lipinski definition) is 1. The number of unbranched alkanes of at least 4 members (excludes halogenated alkanes) is 1. The zero-order chi connectivity index (χ0) is 21.6. The summed E-state index contributed by atoms with van der Waals surface area (Å²) in [5.74, 6) is 0.0255. The SMILES string of the molecule is CCCCc1ccc(NC(=O)CSc2nc3ccsc3c(=O)n2-c2ccccc2)cc1. The minimum atomic E-state index is -0.134. The third-order valence-electron chi connectivity index (χ3n) is 4.85. The van der Waals surface area contributed by atoms with Crippen molar-refractivity contribution < 1.29 is 4.79 Å². The molecule has 7 heteroatoms. The molecule has 0 bridgehead atoms. The molecule has 0 atom stereocenters. The standard InChI is InChI=1S/C24H23N3O2S2/c1-2-3-7-17-10-12-18(13-11-17)25-21(28)16-31-24-26-20-14-15-30-22(20)23(29)27(24)19-8-5-4-6-9-19/h4-6,8-15H,2-3,7,16H2,1H3,(H,25,28). The van der Waals surface area contributed by atoms with E-state index in [4.69, 9.17) is 0 Å². The second-order valence-electron chi connectivity index (χ2n) is 7.14. The zero-order valence-electron chi connectivity index (χ0n) is 17.2. The molecule has 0 saturated carbocycles. The summed E-state index contributed by atoms with van der Waals surface area (Å²) in [5.41, 5.74) is 3.33. The Labute approximate surface area is 189 Å². The van der Waals surface area contributed by atoms with E-state index in [2.05, 4.69) is 29.4 Å². The average molecular weight is 450 g/mol. The summed E-state index contributed by atoms with van der Waals surface area (Å²) in [5, 5.41) is 5.30. The van der Waals surface area contributed by atoms with Crippen LogP contribution >= 0.6 is 23.1 Å². The summed E-state index contributed by atoms with van der Waals surface area (Å²) in [7, 11) is 0. The Balaban J connectivity index is 1.51. The lowest BCUT2D eigenvalue weighted by Crippen LogP contribution is -2.22. The molecule has 0 saturated heterocycles. The van der Waals surface area contributed by atoms with E-state index in [1.54, 1.807) is 4.57 Å². The summed E-state index contributed by atoms with van der Waals surface area (Å²) in [6.45, 7) is 2.18. The second kappa shape index (κ2) is 9.94. The van der Waals surface area contributed by atoms with Gasteiger partial charge in [0.2, 0.25) is 5.91 Å². The van der Waals surface area contributed by atoms with E-state index in [0.717, 1.165) is 30.6 Å². The largest absolute Gasteiger partial charge is 0.325 e. The van der Waals surface area contributed by atoms with Crippen molar-refractivity contribution in [2.75, 3.05) is 11.1 Å². The number of amides is 1. The summed E-state index contributed by atoms with van der Waals surface area (Å²) in [6.07, 6.45) is 3.37. The summed E-state index contributed by atoms with van der Waals surface area (Å²) >= 11 is 2.64. The maximum atomic E-state index is 13.1. The molecule has 0 radical (unpaired) electrons. The van der Waals surface area contributed by atoms with Crippen LogP contribution in [0.15, 0.2) is 76.0 Å². The number of aryl methyl sites for hydroxylation is 1. The first-order chi connectivity index (χ1) is 15.2.